The van der Waals surface area contributed by atoms with Crippen molar-refractivity contribution in [2.45, 2.75) is 19.4 Å². The van der Waals surface area contributed by atoms with Gasteiger partial charge in [-0.15, -0.1) is 0 Å². The summed E-state index contributed by atoms with van der Waals surface area (Å²) in [5.74, 6) is -0.330. The van der Waals surface area contributed by atoms with Crippen molar-refractivity contribution in [2.24, 2.45) is 0 Å². The molecule has 1 aromatic heterocycles. The van der Waals surface area contributed by atoms with E-state index in [0.29, 0.717) is 6.42 Å². The third-order valence-electron chi connectivity index (χ3n) is 1.99. The number of carbonyl (C=O) groups excluding carboxylic acids is 1. The van der Waals surface area contributed by atoms with Gasteiger partial charge >= 0.3 is 5.97 Å². The predicted octanol–water partition coefficient (Wildman–Crippen LogP) is 0.152. The fourth-order valence-corrected chi connectivity index (χ4v) is 1.13. The van der Waals surface area contributed by atoms with Gasteiger partial charge in [0.2, 0.25) is 0 Å². The Morgan fingerprint density at radius 2 is 2.50 bits per heavy atom. The Hall–Kier alpha value is -1.36. The van der Waals surface area contributed by atoms with E-state index in [4.69, 9.17) is 5.11 Å². The van der Waals surface area contributed by atoms with E-state index < -0.39 is 6.04 Å². The van der Waals surface area contributed by atoms with Gasteiger partial charge in [-0.25, -0.2) is 4.79 Å². The summed E-state index contributed by atoms with van der Waals surface area (Å²) in [6.45, 7) is 1.79. The van der Waals surface area contributed by atoms with Crippen LogP contribution in [0, 0.1) is 0 Å². The van der Waals surface area contributed by atoms with Crippen molar-refractivity contribution in [1.82, 2.24) is 9.78 Å². The maximum Gasteiger partial charge on any atom is 0.330 e. The van der Waals surface area contributed by atoms with Gasteiger partial charge in [-0.05, 0) is 18.9 Å². The van der Waals surface area contributed by atoms with Crippen LogP contribution in [0.2, 0.25) is 0 Å². The van der Waals surface area contributed by atoms with Crippen LogP contribution < -0.4 is 0 Å². The van der Waals surface area contributed by atoms with Crippen LogP contribution in [-0.4, -0.2) is 34.6 Å². The van der Waals surface area contributed by atoms with Crippen molar-refractivity contribution < 1.29 is 14.6 Å². The molecule has 1 aromatic rings. The maximum absolute atomic E-state index is 11.1. The lowest BCUT2D eigenvalue weighted by Crippen LogP contribution is -2.18. The molecule has 0 aliphatic rings. The van der Waals surface area contributed by atoms with E-state index in [2.05, 4.69) is 9.84 Å². The predicted molar refractivity (Wildman–Crippen MR) is 49.7 cm³/mol. The number of methoxy groups -OCH3 is 1. The third kappa shape index (κ3) is 2.32. The first-order valence-corrected chi connectivity index (χ1v) is 4.40. The Morgan fingerprint density at radius 1 is 1.79 bits per heavy atom. The summed E-state index contributed by atoms with van der Waals surface area (Å²) < 4.78 is 6.11. The van der Waals surface area contributed by atoms with E-state index in [1.165, 1.54) is 11.8 Å². The fourth-order valence-electron chi connectivity index (χ4n) is 1.13. The molecule has 78 valence electrons. The van der Waals surface area contributed by atoms with Gasteiger partial charge in [0.1, 0.15) is 6.04 Å². The molecule has 0 saturated heterocycles. The van der Waals surface area contributed by atoms with Crippen LogP contribution >= 0.6 is 0 Å². The molecule has 14 heavy (non-hydrogen) atoms. The monoisotopic (exact) mass is 198 g/mol. The molecule has 0 fully saturated rings. The number of aromatic nitrogens is 2. The van der Waals surface area contributed by atoms with Gasteiger partial charge in [0.15, 0.2) is 0 Å². The SMILES string of the molecule is COC(=O)C(C)n1cc(CCO)cn1. The second-order valence-electron chi connectivity index (χ2n) is 3.00. The first-order valence-electron chi connectivity index (χ1n) is 4.40. The lowest BCUT2D eigenvalue weighted by molar-refractivity contribution is -0.144. The van der Waals surface area contributed by atoms with Crippen LogP contribution in [-0.2, 0) is 16.0 Å². The summed E-state index contributed by atoms with van der Waals surface area (Å²) in [6, 6.07) is -0.424. The highest BCUT2D eigenvalue weighted by atomic mass is 16.5. The van der Waals surface area contributed by atoms with Gasteiger partial charge in [-0.3, -0.25) is 4.68 Å². The van der Waals surface area contributed by atoms with Crippen LogP contribution in [0.25, 0.3) is 0 Å². The van der Waals surface area contributed by atoms with Gasteiger partial charge in [0.25, 0.3) is 0 Å². The molecule has 1 rings (SSSR count). The minimum Gasteiger partial charge on any atom is -0.467 e. The zero-order valence-electron chi connectivity index (χ0n) is 8.30. The van der Waals surface area contributed by atoms with E-state index in [0.717, 1.165) is 5.56 Å². The molecule has 5 heteroatoms. The number of hydrogen-bond donors (Lipinski definition) is 1. The topological polar surface area (TPSA) is 64.3 Å². The van der Waals surface area contributed by atoms with Crippen molar-refractivity contribution in [3.8, 4) is 0 Å². The van der Waals surface area contributed by atoms with Crippen molar-refractivity contribution in [1.29, 1.82) is 0 Å². The highest BCUT2D eigenvalue weighted by molar-refractivity contribution is 5.73. The summed E-state index contributed by atoms with van der Waals surface area (Å²) >= 11 is 0. The average Bonchev–Trinajstić information content (AvgIpc) is 2.64. The Bertz CT molecular complexity index is 309. The minimum atomic E-state index is -0.424. The number of rotatable bonds is 4. The molecule has 0 aromatic carbocycles. The Morgan fingerprint density at radius 3 is 3.07 bits per heavy atom. The Labute approximate surface area is 82.3 Å². The van der Waals surface area contributed by atoms with Gasteiger partial charge in [-0.1, -0.05) is 0 Å². The lowest BCUT2D eigenvalue weighted by Gasteiger charge is -2.08. The van der Waals surface area contributed by atoms with Crippen LogP contribution in [0.3, 0.4) is 0 Å². The largest absolute Gasteiger partial charge is 0.467 e. The molecule has 1 atom stereocenters. The summed E-state index contributed by atoms with van der Waals surface area (Å²) in [5, 5.41) is 12.7. The summed E-state index contributed by atoms with van der Waals surface area (Å²) in [7, 11) is 1.34. The number of nitrogens with zero attached hydrogens (tertiary/aromatic N) is 2. The Balaban J connectivity index is 2.70. The molecule has 0 aliphatic heterocycles. The van der Waals surface area contributed by atoms with Crippen molar-refractivity contribution in [2.75, 3.05) is 13.7 Å². The number of aliphatic hydroxyl groups excluding tert-OH is 1. The molecule has 0 aliphatic carbocycles. The first kappa shape index (κ1) is 10.7. The molecule has 1 heterocycles. The minimum absolute atomic E-state index is 0.0816. The van der Waals surface area contributed by atoms with E-state index in [1.807, 2.05) is 0 Å². The van der Waals surface area contributed by atoms with Gasteiger partial charge in [0.05, 0.1) is 13.3 Å². The van der Waals surface area contributed by atoms with Crippen LogP contribution in [0.4, 0.5) is 0 Å². The standard InChI is InChI=1S/C9H14N2O3/c1-7(9(13)14-2)11-6-8(3-4-12)5-10-11/h5-7,12H,3-4H2,1-2H3. The number of hydrogen-bond acceptors (Lipinski definition) is 4. The number of esters is 1. The van der Waals surface area contributed by atoms with E-state index in [1.54, 1.807) is 19.3 Å². The second kappa shape index (κ2) is 4.76. The smallest absolute Gasteiger partial charge is 0.330 e. The highest BCUT2D eigenvalue weighted by Crippen LogP contribution is 2.08. The van der Waals surface area contributed by atoms with Crippen molar-refractivity contribution in [3.63, 3.8) is 0 Å². The van der Waals surface area contributed by atoms with Gasteiger partial charge in [-0.2, -0.15) is 5.10 Å². The molecular weight excluding hydrogens is 184 g/mol. The number of aliphatic hydroxyl groups is 1. The molecule has 0 spiro atoms. The van der Waals surface area contributed by atoms with Crippen LogP contribution in [0.15, 0.2) is 12.4 Å². The molecule has 5 nitrogen and oxygen atoms in total. The molecule has 0 amide bonds. The molecule has 1 unspecified atom stereocenters. The lowest BCUT2D eigenvalue weighted by atomic mass is 10.3. The van der Waals surface area contributed by atoms with Gasteiger partial charge in [0, 0.05) is 12.8 Å². The molecule has 0 bridgehead atoms. The summed E-state index contributed by atoms with van der Waals surface area (Å²) in [6.07, 6.45) is 3.92. The summed E-state index contributed by atoms with van der Waals surface area (Å²) in [4.78, 5) is 11.1. The third-order valence-corrected chi connectivity index (χ3v) is 1.99. The number of carbonyl (C=O) groups is 1. The van der Waals surface area contributed by atoms with Gasteiger partial charge < -0.3 is 9.84 Å². The van der Waals surface area contributed by atoms with E-state index in [9.17, 15) is 4.79 Å². The van der Waals surface area contributed by atoms with E-state index >= 15 is 0 Å². The number of ether oxygens (including phenoxy) is 1. The first-order chi connectivity index (χ1) is 6.69. The van der Waals surface area contributed by atoms with Crippen molar-refractivity contribution >= 4 is 5.97 Å². The Kier molecular flexibility index (Phi) is 3.64. The molecule has 0 saturated carbocycles. The van der Waals surface area contributed by atoms with E-state index in [-0.39, 0.29) is 12.6 Å². The van der Waals surface area contributed by atoms with Crippen molar-refractivity contribution in [3.05, 3.63) is 18.0 Å². The normalized spacial score (nSPS) is 12.5. The second-order valence-corrected chi connectivity index (χ2v) is 3.00. The molecule has 0 radical (unpaired) electrons. The zero-order valence-corrected chi connectivity index (χ0v) is 8.30. The quantitative estimate of drug-likeness (QED) is 0.699. The van der Waals surface area contributed by atoms with Crippen LogP contribution in [0.5, 0.6) is 0 Å². The molecule has 1 N–H and O–H groups in total. The maximum atomic E-state index is 11.1. The highest BCUT2D eigenvalue weighted by Gasteiger charge is 2.15. The molecular formula is C9H14N2O3. The fraction of sp³-hybridized carbons (Fsp3) is 0.556. The van der Waals surface area contributed by atoms with Crippen LogP contribution in [0.1, 0.15) is 18.5 Å². The zero-order chi connectivity index (χ0) is 10.6. The average molecular weight is 198 g/mol. The summed E-state index contributed by atoms with van der Waals surface area (Å²) in [5.41, 5.74) is 0.906.